The smallest absolute Gasteiger partial charge is 0.227 e. The van der Waals surface area contributed by atoms with E-state index >= 15 is 0 Å². The molecule has 172 valence electrons. The summed E-state index contributed by atoms with van der Waals surface area (Å²) >= 11 is 0. The van der Waals surface area contributed by atoms with Gasteiger partial charge in [-0.05, 0) is 37.5 Å². The topological polar surface area (TPSA) is 126 Å². The molecule has 2 aromatic rings. The van der Waals surface area contributed by atoms with Crippen molar-refractivity contribution in [3.05, 3.63) is 35.5 Å². The summed E-state index contributed by atoms with van der Waals surface area (Å²) in [7, 11) is 0. The largest absolute Gasteiger partial charge is 0.343 e. The highest BCUT2D eigenvalue weighted by molar-refractivity contribution is 5.99. The van der Waals surface area contributed by atoms with Crippen LogP contribution in [-0.2, 0) is 26.3 Å². The van der Waals surface area contributed by atoms with Crippen molar-refractivity contribution in [2.24, 2.45) is 0 Å². The number of rotatable bonds is 7. The molecule has 3 N–H and O–H groups in total. The molecule has 1 aromatic heterocycles. The van der Waals surface area contributed by atoms with Crippen LogP contribution in [0.4, 0.5) is 11.4 Å². The number of aryl methyl sites for hydroxylation is 2. The van der Waals surface area contributed by atoms with Gasteiger partial charge in [0.15, 0.2) is 5.82 Å². The molecule has 0 bridgehead atoms. The van der Waals surface area contributed by atoms with Gasteiger partial charge in [-0.1, -0.05) is 36.9 Å². The Morgan fingerprint density at radius 1 is 1.00 bits per heavy atom. The molecular formula is C23H31N5O4. The number of hydrogen-bond donors (Lipinski definition) is 3. The van der Waals surface area contributed by atoms with Crippen LogP contribution < -0.4 is 16.0 Å². The summed E-state index contributed by atoms with van der Waals surface area (Å²) in [6.07, 6.45) is 6.16. The van der Waals surface area contributed by atoms with Gasteiger partial charge in [0.2, 0.25) is 23.6 Å². The lowest BCUT2D eigenvalue weighted by molar-refractivity contribution is -0.121. The second-order valence-electron chi connectivity index (χ2n) is 8.47. The van der Waals surface area contributed by atoms with Crippen molar-refractivity contribution < 1.29 is 18.9 Å². The molecule has 1 heterocycles. The van der Waals surface area contributed by atoms with Gasteiger partial charge < -0.3 is 20.5 Å². The normalized spacial score (nSPS) is 15.5. The van der Waals surface area contributed by atoms with Gasteiger partial charge in [0.05, 0.1) is 11.4 Å². The Morgan fingerprint density at radius 3 is 2.38 bits per heavy atom. The van der Waals surface area contributed by atoms with Gasteiger partial charge in [0.25, 0.3) is 0 Å². The Bertz CT molecular complexity index is 977. The summed E-state index contributed by atoms with van der Waals surface area (Å²) in [6.45, 7) is 4.82. The van der Waals surface area contributed by atoms with Crippen LogP contribution in [0.2, 0.25) is 0 Å². The fourth-order valence-electron chi connectivity index (χ4n) is 4.12. The lowest BCUT2D eigenvalue weighted by Gasteiger charge is -2.30. The van der Waals surface area contributed by atoms with E-state index in [9.17, 15) is 14.4 Å². The van der Waals surface area contributed by atoms with Crippen molar-refractivity contribution in [2.75, 3.05) is 10.6 Å². The molecule has 3 rings (SSSR count). The van der Waals surface area contributed by atoms with Crippen molar-refractivity contribution in [1.29, 1.82) is 0 Å². The van der Waals surface area contributed by atoms with Crippen LogP contribution in [0.3, 0.4) is 0 Å². The maximum absolute atomic E-state index is 12.5. The molecular weight excluding hydrogens is 410 g/mol. The summed E-state index contributed by atoms with van der Waals surface area (Å²) in [5, 5.41) is 12.8. The molecule has 0 atom stereocenters. The van der Waals surface area contributed by atoms with E-state index in [4.69, 9.17) is 4.52 Å². The van der Waals surface area contributed by atoms with Crippen molar-refractivity contribution in [3.63, 3.8) is 0 Å². The fourth-order valence-corrected chi connectivity index (χ4v) is 4.12. The van der Waals surface area contributed by atoms with Crippen molar-refractivity contribution in [3.8, 4) is 0 Å². The van der Waals surface area contributed by atoms with E-state index in [1.54, 1.807) is 12.1 Å². The first-order valence-electron chi connectivity index (χ1n) is 11.1. The van der Waals surface area contributed by atoms with Crippen LogP contribution in [0.5, 0.6) is 0 Å². The summed E-state index contributed by atoms with van der Waals surface area (Å²) < 4.78 is 5.41. The van der Waals surface area contributed by atoms with E-state index in [-0.39, 0.29) is 30.6 Å². The van der Waals surface area contributed by atoms with E-state index < -0.39 is 5.54 Å². The third-order valence-corrected chi connectivity index (χ3v) is 5.59. The Labute approximate surface area is 187 Å². The lowest BCUT2D eigenvalue weighted by atomic mass is 9.89. The molecule has 9 heteroatoms. The number of hydrogen-bond acceptors (Lipinski definition) is 6. The van der Waals surface area contributed by atoms with Crippen molar-refractivity contribution >= 4 is 29.1 Å². The van der Waals surface area contributed by atoms with Gasteiger partial charge in [-0.25, -0.2) is 0 Å². The first kappa shape index (κ1) is 23.4. The van der Waals surface area contributed by atoms with Crippen molar-refractivity contribution in [1.82, 2.24) is 15.5 Å². The number of carbonyl (C=O) groups is 3. The molecule has 32 heavy (non-hydrogen) atoms. The number of benzene rings is 1. The summed E-state index contributed by atoms with van der Waals surface area (Å²) in [5.74, 6) is 0.278. The van der Waals surface area contributed by atoms with Crippen LogP contribution in [0.15, 0.2) is 22.7 Å². The van der Waals surface area contributed by atoms with Crippen LogP contribution >= 0.6 is 0 Å². The Hall–Kier alpha value is -3.23. The van der Waals surface area contributed by atoms with Gasteiger partial charge in [-0.3, -0.25) is 14.4 Å². The zero-order valence-corrected chi connectivity index (χ0v) is 18.9. The summed E-state index contributed by atoms with van der Waals surface area (Å²) in [5.41, 5.74) is 1.44. The highest BCUT2D eigenvalue weighted by atomic mass is 16.5. The minimum atomic E-state index is -0.610. The first-order valence-corrected chi connectivity index (χ1v) is 11.1. The van der Waals surface area contributed by atoms with Crippen molar-refractivity contribution in [2.45, 2.75) is 77.7 Å². The Balaban J connectivity index is 1.66. The van der Waals surface area contributed by atoms with Crippen LogP contribution in [0.25, 0.3) is 0 Å². The minimum absolute atomic E-state index is 0.120. The Morgan fingerprint density at radius 2 is 1.72 bits per heavy atom. The predicted octanol–water partition coefficient (Wildman–Crippen LogP) is 3.59. The molecule has 1 saturated carbocycles. The summed E-state index contributed by atoms with van der Waals surface area (Å²) in [4.78, 5) is 40.3. The average molecular weight is 442 g/mol. The van der Waals surface area contributed by atoms with Crippen LogP contribution in [0.1, 0.15) is 76.1 Å². The Kier molecular flexibility index (Phi) is 7.61. The van der Waals surface area contributed by atoms with E-state index in [1.165, 1.54) is 13.8 Å². The van der Waals surface area contributed by atoms with Gasteiger partial charge in [0, 0.05) is 26.7 Å². The number of nitrogens with zero attached hydrogens (tertiary/aromatic N) is 2. The molecule has 0 radical (unpaired) electrons. The molecule has 3 amide bonds. The molecule has 1 aliphatic rings. The first-order chi connectivity index (χ1) is 15.3. The predicted molar refractivity (Wildman–Crippen MR) is 120 cm³/mol. The van der Waals surface area contributed by atoms with Gasteiger partial charge in [-0.2, -0.15) is 4.98 Å². The molecule has 0 aliphatic heterocycles. The fraction of sp³-hybridized carbons (Fsp3) is 0.522. The van der Waals surface area contributed by atoms with E-state index in [0.29, 0.717) is 23.1 Å². The van der Waals surface area contributed by atoms with E-state index in [2.05, 4.69) is 26.1 Å². The van der Waals surface area contributed by atoms with Crippen LogP contribution in [-0.4, -0.2) is 27.9 Å². The third-order valence-electron chi connectivity index (χ3n) is 5.59. The quantitative estimate of drug-likeness (QED) is 0.564. The number of anilines is 2. The standard InChI is InChI=1S/C23H31N5O4/c1-15-8-9-18(24-16(2)29)19(14-15)25-20(31)10-11-21-26-22(28-32-21)23(27-17(3)30)12-6-4-5-7-13-23/h8-9,14H,4-7,10-13H2,1-3H3,(H,24,29)(H,25,31)(H,27,30). The second-order valence-corrected chi connectivity index (χ2v) is 8.47. The SMILES string of the molecule is CC(=O)Nc1ccc(C)cc1NC(=O)CCc1nc(C2(NC(C)=O)CCCCCC2)no1. The minimum Gasteiger partial charge on any atom is -0.343 e. The molecule has 0 spiro atoms. The third kappa shape index (κ3) is 6.15. The number of carbonyl (C=O) groups excluding carboxylic acids is 3. The number of nitrogens with one attached hydrogen (secondary N) is 3. The second kappa shape index (κ2) is 10.4. The maximum Gasteiger partial charge on any atom is 0.227 e. The van der Waals surface area contributed by atoms with E-state index in [1.807, 2.05) is 13.0 Å². The number of aromatic nitrogens is 2. The highest BCUT2D eigenvalue weighted by Gasteiger charge is 2.38. The zero-order valence-electron chi connectivity index (χ0n) is 18.9. The molecule has 1 aliphatic carbocycles. The van der Waals surface area contributed by atoms with Crippen LogP contribution in [0, 0.1) is 6.92 Å². The summed E-state index contributed by atoms with van der Waals surface area (Å²) in [6, 6.07) is 5.42. The number of amides is 3. The van der Waals surface area contributed by atoms with Gasteiger partial charge >= 0.3 is 0 Å². The zero-order chi connectivity index (χ0) is 23.1. The average Bonchev–Trinajstić information content (AvgIpc) is 3.08. The monoisotopic (exact) mass is 441 g/mol. The molecule has 1 fully saturated rings. The molecule has 9 nitrogen and oxygen atoms in total. The highest BCUT2D eigenvalue weighted by Crippen LogP contribution is 2.34. The maximum atomic E-state index is 12.5. The lowest BCUT2D eigenvalue weighted by Crippen LogP contribution is -2.45. The molecule has 0 unspecified atom stereocenters. The van der Waals surface area contributed by atoms with Gasteiger partial charge in [0.1, 0.15) is 5.54 Å². The molecule has 0 saturated heterocycles. The molecule has 1 aromatic carbocycles. The van der Waals surface area contributed by atoms with E-state index in [0.717, 1.165) is 44.1 Å². The van der Waals surface area contributed by atoms with Gasteiger partial charge in [-0.15, -0.1) is 0 Å².